The fourth-order valence-corrected chi connectivity index (χ4v) is 3.87. The third kappa shape index (κ3) is 3.95. The molecule has 2 fully saturated rings. The van der Waals surface area contributed by atoms with E-state index >= 15 is 0 Å². The summed E-state index contributed by atoms with van der Waals surface area (Å²) >= 11 is 0. The minimum Gasteiger partial charge on any atom is -0.315 e. The molecule has 0 spiro atoms. The highest BCUT2D eigenvalue weighted by molar-refractivity contribution is 4.97. The Labute approximate surface area is 120 Å². The summed E-state index contributed by atoms with van der Waals surface area (Å²) in [5.41, 5.74) is 0. The van der Waals surface area contributed by atoms with Crippen LogP contribution in [-0.4, -0.2) is 36.6 Å². The number of rotatable bonds is 6. The van der Waals surface area contributed by atoms with Gasteiger partial charge in [0.25, 0.3) is 0 Å². The van der Waals surface area contributed by atoms with Gasteiger partial charge in [-0.05, 0) is 56.9 Å². The van der Waals surface area contributed by atoms with Crippen LogP contribution in [0.15, 0.2) is 0 Å². The maximum absolute atomic E-state index is 3.61. The maximum atomic E-state index is 3.61. The zero-order chi connectivity index (χ0) is 14.0. The van der Waals surface area contributed by atoms with E-state index in [9.17, 15) is 0 Å². The molecule has 0 bridgehead atoms. The molecular formula is C17H34N2. The normalized spacial score (nSPS) is 32.5. The predicted molar refractivity (Wildman–Crippen MR) is 83.4 cm³/mol. The molecule has 2 aliphatic carbocycles. The minimum atomic E-state index is 0.717. The molecule has 2 nitrogen and oxygen atoms in total. The van der Waals surface area contributed by atoms with Crippen molar-refractivity contribution in [1.82, 2.24) is 10.2 Å². The standard InChI is InChI=1S/C17H34N2/c1-12(2)11-19(15-7-8-15)17-10-14(13(3)4)6-9-16(17)18-5/h12-18H,6-11H2,1-5H3. The van der Waals surface area contributed by atoms with E-state index in [0.717, 1.165) is 29.8 Å². The van der Waals surface area contributed by atoms with Crippen LogP contribution in [0, 0.1) is 17.8 Å². The first-order valence-electron chi connectivity index (χ1n) is 8.46. The van der Waals surface area contributed by atoms with Gasteiger partial charge in [-0.2, -0.15) is 0 Å². The molecule has 3 unspecified atom stereocenters. The maximum Gasteiger partial charge on any atom is 0.0255 e. The molecule has 19 heavy (non-hydrogen) atoms. The fraction of sp³-hybridized carbons (Fsp3) is 1.00. The van der Waals surface area contributed by atoms with Crippen LogP contribution in [0.3, 0.4) is 0 Å². The van der Waals surface area contributed by atoms with Crippen molar-refractivity contribution in [2.45, 2.75) is 77.9 Å². The van der Waals surface area contributed by atoms with Crippen molar-refractivity contribution in [3.05, 3.63) is 0 Å². The number of hydrogen-bond acceptors (Lipinski definition) is 2. The average Bonchev–Trinajstić information content (AvgIpc) is 3.19. The highest BCUT2D eigenvalue weighted by Crippen LogP contribution is 2.38. The van der Waals surface area contributed by atoms with Crippen molar-refractivity contribution in [1.29, 1.82) is 0 Å². The Bertz CT molecular complexity index is 270. The van der Waals surface area contributed by atoms with Crippen LogP contribution < -0.4 is 5.32 Å². The van der Waals surface area contributed by atoms with E-state index in [2.05, 4.69) is 45.0 Å². The van der Waals surface area contributed by atoms with E-state index < -0.39 is 0 Å². The van der Waals surface area contributed by atoms with Crippen LogP contribution in [0.25, 0.3) is 0 Å². The predicted octanol–water partition coefficient (Wildman–Crippen LogP) is 3.52. The fourth-order valence-electron chi connectivity index (χ4n) is 3.87. The molecule has 0 saturated heterocycles. The molecular weight excluding hydrogens is 232 g/mol. The molecule has 112 valence electrons. The third-order valence-electron chi connectivity index (χ3n) is 5.19. The van der Waals surface area contributed by atoms with E-state index in [-0.39, 0.29) is 0 Å². The van der Waals surface area contributed by atoms with Crippen LogP contribution in [0.4, 0.5) is 0 Å². The van der Waals surface area contributed by atoms with Crippen molar-refractivity contribution >= 4 is 0 Å². The summed E-state index contributed by atoms with van der Waals surface area (Å²) in [6.45, 7) is 10.8. The second-order valence-electron chi connectivity index (χ2n) is 7.60. The molecule has 0 aromatic rings. The molecule has 0 heterocycles. The smallest absolute Gasteiger partial charge is 0.0255 e. The number of hydrogen-bond donors (Lipinski definition) is 1. The topological polar surface area (TPSA) is 15.3 Å². The van der Waals surface area contributed by atoms with Crippen LogP contribution in [-0.2, 0) is 0 Å². The van der Waals surface area contributed by atoms with Gasteiger partial charge in [-0.25, -0.2) is 0 Å². The van der Waals surface area contributed by atoms with Gasteiger partial charge < -0.3 is 5.32 Å². The summed E-state index contributed by atoms with van der Waals surface area (Å²) < 4.78 is 0. The van der Waals surface area contributed by atoms with Gasteiger partial charge in [-0.1, -0.05) is 27.7 Å². The Balaban J connectivity index is 2.06. The lowest BCUT2D eigenvalue weighted by Crippen LogP contribution is -2.54. The average molecular weight is 266 g/mol. The Morgan fingerprint density at radius 3 is 2.21 bits per heavy atom. The van der Waals surface area contributed by atoms with Gasteiger partial charge in [-0.15, -0.1) is 0 Å². The molecule has 0 aromatic carbocycles. The highest BCUT2D eigenvalue weighted by Gasteiger charge is 2.40. The number of nitrogens with one attached hydrogen (secondary N) is 1. The molecule has 0 amide bonds. The van der Waals surface area contributed by atoms with Gasteiger partial charge in [0, 0.05) is 24.7 Å². The van der Waals surface area contributed by atoms with Crippen molar-refractivity contribution in [3.63, 3.8) is 0 Å². The van der Waals surface area contributed by atoms with E-state index in [0.29, 0.717) is 6.04 Å². The van der Waals surface area contributed by atoms with Crippen LogP contribution in [0.5, 0.6) is 0 Å². The zero-order valence-corrected chi connectivity index (χ0v) is 13.7. The molecule has 1 N–H and O–H groups in total. The molecule has 0 aromatic heterocycles. The highest BCUT2D eigenvalue weighted by atomic mass is 15.2. The summed E-state index contributed by atoms with van der Waals surface area (Å²) in [6.07, 6.45) is 7.07. The van der Waals surface area contributed by atoms with Crippen LogP contribution in [0.2, 0.25) is 0 Å². The third-order valence-corrected chi connectivity index (χ3v) is 5.19. The van der Waals surface area contributed by atoms with Crippen LogP contribution in [0.1, 0.15) is 59.8 Å². The first kappa shape index (κ1) is 15.3. The second-order valence-corrected chi connectivity index (χ2v) is 7.60. The Kier molecular flexibility index (Phi) is 5.30. The van der Waals surface area contributed by atoms with Gasteiger partial charge in [0.2, 0.25) is 0 Å². The SMILES string of the molecule is CNC1CCC(C(C)C)CC1N(CC(C)C)C1CC1. The van der Waals surface area contributed by atoms with Gasteiger partial charge in [0.1, 0.15) is 0 Å². The van der Waals surface area contributed by atoms with Gasteiger partial charge >= 0.3 is 0 Å². The summed E-state index contributed by atoms with van der Waals surface area (Å²) in [4.78, 5) is 2.86. The van der Waals surface area contributed by atoms with E-state index in [1.807, 2.05) is 0 Å². The monoisotopic (exact) mass is 266 g/mol. The quantitative estimate of drug-likeness (QED) is 0.791. The first-order chi connectivity index (χ1) is 9.02. The molecule has 3 atom stereocenters. The first-order valence-corrected chi connectivity index (χ1v) is 8.46. The summed E-state index contributed by atoms with van der Waals surface area (Å²) in [7, 11) is 2.16. The molecule has 2 saturated carbocycles. The molecule has 2 rings (SSSR count). The lowest BCUT2D eigenvalue weighted by Gasteiger charge is -2.44. The van der Waals surface area contributed by atoms with Crippen molar-refractivity contribution < 1.29 is 0 Å². The second kappa shape index (κ2) is 6.58. The Morgan fingerprint density at radius 2 is 1.74 bits per heavy atom. The molecule has 0 aliphatic heterocycles. The zero-order valence-electron chi connectivity index (χ0n) is 13.7. The van der Waals surface area contributed by atoms with Gasteiger partial charge in [0.05, 0.1) is 0 Å². The van der Waals surface area contributed by atoms with Gasteiger partial charge in [0.15, 0.2) is 0 Å². The largest absolute Gasteiger partial charge is 0.315 e. The van der Waals surface area contributed by atoms with Gasteiger partial charge in [-0.3, -0.25) is 4.90 Å². The molecule has 2 heteroatoms. The number of nitrogens with zero attached hydrogens (tertiary/aromatic N) is 1. The van der Waals surface area contributed by atoms with E-state index in [1.54, 1.807) is 0 Å². The molecule has 0 radical (unpaired) electrons. The van der Waals surface area contributed by atoms with Crippen LogP contribution >= 0.6 is 0 Å². The summed E-state index contributed by atoms with van der Waals surface area (Å²) in [5, 5.41) is 3.61. The van der Waals surface area contributed by atoms with Crippen molar-refractivity contribution in [2.75, 3.05) is 13.6 Å². The lowest BCUT2D eigenvalue weighted by atomic mass is 9.76. The lowest BCUT2D eigenvalue weighted by molar-refractivity contribution is 0.0702. The summed E-state index contributed by atoms with van der Waals surface area (Å²) in [6, 6.07) is 2.39. The van der Waals surface area contributed by atoms with Crippen molar-refractivity contribution in [3.8, 4) is 0 Å². The molecule has 2 aliphatic rings. The minimum absolute atomic E-state index is 0.717. The van der Waals surface area contributed by atoms with E-state index in [1.165, 1.54) is 38.6 Å². The Morgan fingerprint density at radius 1 is 1.05 bits per heavy atom. The number of likely N-dealkylation sites (N-methyl/N-ethyl adjacent to an activating group) is 1. The van der Waals surface area contributed by atoms with E-state index in [4.69, 9.17) is 0 Å². The summed E-state index contributed by atoms with van der Waals surface area (Å²) in [5.74, 6) is 2.57. The Hall–Kier alpha value is -0.0800. The van der Waals surface area contributed by atoms with Crippen molar-refractivity contribution in [2.24, 2.45) is 17.8 Å².